The van der Waals surface area contributed by atoms with Gasteiger partial charge >= 0.3 is 0 Å². The summed E-state index contributed by atoms with van der Waals surface area (Å²) in [6.45, 7) is 12.4. The lowest BCUT2D eigenvalue weighted by atomic mass is 10.1. The molecule has 0 aromatic carbocycles. The van der Waals surface area contributed by atoms with Crippen LogP contribution in [-0.2, 0) is 17.8 Å². The fourth-order valence-electron chi connectivity index (χ4n) is 3.00. The molecule has 0 spiro atoms. The average molecular weight is 370 g/mol. The standard InChI is InChI=1S/C19H22N4O2S/c1-6-7-23-11(2)8-16(13(23)4)17-10-26-19(20-17)21-18(24)9-15-12(3)22-25-14(15)5/h6,8,10H,1,7,9H2,2-5H3,(H,20,21,24). The fourth-order valence-corrected chi connectivity index (χ4v) is 3.73. The summed E-state index contributed by atoms with van der Waals surface area (Å²) in [6, 6.07) is 2.11. The van der Waals surface area contributed by atoms with Crippen molar-refractivity contribution in [3.8, 4) is 11.3 Å². The Morgan fingerprint density at radius 3 is 2.81 bits per heavy atom. The normalized spacial score (nSPS) is 10.9. The maximum atomic E-state index is 12.3. The highest BCUT2D eigenvalue weighted by atomic mass is 32.1. The van der Waals surface area contributed by atoms with Crippen molar-refractivity contribution in [3.63, 3.8) is 0 Å². The predicted molar refractivity (Wildman–Crippen MR) is 104 cm³/mol. The van der Waals surface area contributed by atoms with Crippen molar-refractivity contribution in [1.29, 1.82) is 0 Å². The Bertz CT molecular complexity index is 945. The summed E-state index contributed by atoms with van der Waals surface area (Å²) in [4.78, 5) is 16.9. The van der Waals surface area contributed by atoms with Crippen molar-refractivity contribution in [2.24, 2.45) is 0 Å². The van der Waals surface area contributed by atoms with Crippen molar-refractivity contribution in [2.75, 3.05) is 5.32 Å². The number of aromatic nitrogens is 3. The number of carbonyl (C=O) groups is 1. The van der Waals surface area contributed by atoms with Crippen LogP contribution in [-0.4, -0.2) is 20.6 Å². The Balaban J connectivity index is 1.75. The highest BCUT2D eigenvalue weighted by Gasteiger charge is 2.16. The summed E-state index contributed by atoms with van der Waals surface area (Å²) in [5.41, 5.74) is 5.81. The Hall–Kier alpha value is -2.67. The van der Waals surface area contributed by atoms with Crippen molar-refractivity contribution in [2.45, 2.75) is 40.7 Å². The van der Waals surface area contributed by atoms with E-state index in [4.69, 9.17) is 4.52 Å². The molecule has 3 aromatic rings. The number of allylic oxidation sites excluding steroid dienone is 1. The molecule has 26 heavy (non-hydrogen) atoms. The summed E-state index contributed by atoms with van der Waals surface area (Å²) in [6.07, 6.45) is 2.11. The Morgan fingerprint density at radius 2 is 2.15 bits per heavy atom. The van der Waals surface area contributed by atoms with Crippen LogP contribution in [0.4, 0.5) is 5.13 Å². The molecule has 0 unspecified atom stereocenters. The first-order valence-electron chi connectivity index (χ1n) is 8.35. The van der Waals surface area contributed by atoms with Gasteiger partial charge in [-0.25, -0.2) is 4.98 Å². The van der Waals surface area contributed by atoms with Crippen LogP contribution in [0.1, 0.15) is 28.4 Å². The first-order chi connectivity index (χ1) is 12.4. The van der Waals surface area contributed by atoms with E-state index in [-0.39, 0.29) is 12.3 Å². The lowest BCUT2D eigenvalue weighted by Gasteiger charge is -2.05. The Morgan fingerprint density at radius 1 is 1.38 bits per heavy atom. The van der Waals surface area contributed by atoms with Crippen LogP contribution in [0.3, 0.4) is 0 Å². The van der Waals surface area contributed by atoms with Gasteiger partial charge in [0.05, 0.1) is 17.8 Å². The molecule has 0 fully saturated rings. The van der Waals surface area contributed by atoms with Gasteiger partial charge in [0.15, 0.2) is 5.13 Å². The third-order valence-corrected chi connectivity index (χ3v) is 5.19. The number of anilines is 1. The molecular weight excluding hydrogens is 348 g/mol. The molecule has 1 N–H and O–H groups in total. The Labute approximate surface area is 156 Å². The Kier molecular flexibility index (Phi) is 5.08. The number of nitrogens with one attached hydrogen (secondary N) is 1. The number of aryl methyl sites for hydroxylation is 3. The van der Waals surface area contributed by atoms with Crippen LogP contribution < -0.4 is 5.32 Å². The van der Waals surface area contributed by atoms with Crippen molar-refractivity contribution in [3.05, 3.63) is 52.5 Å². The van der Waals surface area contributed by atoms with Gasteiger partial charge in [0.25, 0.3) is 0 Å². The molecule has 6 nitrogen and oxygen atoms in total. The van der Waals surface area contributed by atoms with Gasteiger partial charge < -0.3 is 14.4 Å². The van der Waals surface area contributed by atoms with E-state index >= 15 is 0 Å². The largest absolute Gasteiger partial charge is 0.361 e. The SMILES string of the molecule is C=CCn1c(C)cc(-c2csc(NC(=O)Cc3c(C)noc3C)n2)c1C. The zero-order valence-corrected chi connectivity index (χ0v) is 16.2. The molecular formula is C19H22N4O2S. The molecule has 0 saturated carbocycles. The van der Waals surface area contributed by atoms with Gasteiger partial charge in [0, 0.05) is 34.4 Å². The molecule has 0 bridgehead atoms. The number of rotatable bonds is 6. The second-order valence-electron chi connectivity index (χ2n) is 6.25. The van der Waals surface area contributed by atoms with Gasteiger partial charge in [-0.2, -0.15) is 0 Å². The van der Waals surface area contributed by atoms with Gasteiger partial charge in [-0.15, -0.1) is 17.9 Å². The van der Waals surface area contributed by atoms with Gasteiger partial charge in [0.2, 0.25) is 5.91 Å². The number of carbonyl (C=O) groups excluding carboxylic acids is 1. The maximum Gasteiger partial charge on any atom is 0.230 e. The lowest BCUT2D eigenvalue weighted by Crippen LogP contribution is -2.15. The monoisotopic (exact) mass is 370 g/mol. The number of nitrogens with zero attached hydrogens (tertiary/aromatic N) is 3. The summed E-state index contributed by atoms with van der Waals surface area (Å²) in [5.74, 6) is 0.546. The fraction of sp³-hybridized carbons (Fsp3) is 0.316. The molecule has 0 atom stereocenters. The van der Waals surface area contributed by atoms with E-state index in [1.165, 1.54) is 11.3 Å². The van der Waals surface area contributed by atoms with E-state index in [0.717, 1.165) is 40.4 Å². The van der Waals surface area contributed by atoms with Crippen molar-refractivity contribution in [1.82, 2.24) is 14.7 Å². The van der Waals surface area contributed by atoms with E-state index in [9.17, 15) is 4.79 Å². The zero-order chi connectivity index (χ0) is 18.8. The van der Waals surface area contributed by atoms with Gasteiger partial charge in [0.1, 0.15) is 5.76 Å². The van der Waals surface area contributed by atoms with Crippen molar-refractivity contribution < 1.29 is 9.32 Å². The molecule has 1 amide bonds. The number of hydrogen-bond acceptors (Lipinski definition) is 5. The quantitative estimate of drug-likeness (QED) is 0.660. The highest BCUT2D eigenvalue weighted by Crippen LogP contribution is 2.30. The molecule has 0 aliphatic carbocycles. The molecule has 136 valence electrons. The highest BCUT2D eigenvalue weighted by molar-refractivity contribution is 7.14. The topological polar surface area (TPSA) is 73.0 Å². The van der Waals surface area contributed by atoms with E-state index in [0.29, 0.717) is 10.9 Å². The predicted octanol–water partition coefficient (Wildman–Crippen LogP) is 4.20. The van der Waals surface area contributed by atoms with Gasteiger partial charge in [-0.1, -0.05) is 11.2 Å². The molecule has 0 aliphatic rings. The minimum atomic E-state index is -0.127. The minimum Gasteiger partial charge on any atom is -0.361 e. The molecule has 7 heteroatoms. The summed E-state index contributed by atoms with van der Waals surface area (Å²) < 4.78 is 7.29. The van der Waals surface area contributed by atoms with Gasteiger partial charge in [-0.3, -0.25) is 4.79 Å². The third kappa shape index (κ3) is 3.48. The summed E-state index contributed by atoms with van der Waals surface area (Å²) in [5, 5.41) is 9.30. The summed E-state index contributed by atoms with van der Waals surface area (Å²) >= 11 is 1.42. The molecule has 3 heterocycles. The summed E-state index contributed by atoms with van der Waals surface area (Å²) in [7, 11) is 0. The number of amides is 1. The molecule has 3 aromatic heterocycles. The van der Waals surface area contributed by atoms with E-state index < -0.39 is 0 Å². The number of thiazole rings is 1. The van der Waals surface area contributed by atoms with Crippen LogP contribution in [0.5, 0.6) is 0 Å². The lowest BCUT2D eigenvalue weighted by molar-refractivity contribution is -0.115. The molecule has 0 saturated heterocycles. The molecule has 0 aliphatic heterocycles. The van der Waals surface area contributed by atoms with E-state index in [1.54, 1.807) is 0 Å². The third-order valence-electron chi connectivity index (χ3n) is 4.43. The first kappa shape index (κ1) is 18.1. The smallest absolute Gasteiger partial charge is 0.230 e. The average Bonchev–Trinajstić information content (AvgIpc) is 3.25. The molecule has 3 rings (SSSR count). The van der Waals surface area contributed by atoms with Crippen LogP contribution in [0.2, 0.25) is 0 Å². The second kappa shape index (κ2) is 7.29. The minimum absolute atomic E-state index is 0.127. The van der Waals surface area contributed by atoms with Crippen LogP contribution in [0, 0.1) is 27.7 Å². The van der Waals surface area contributed by atoms with Crippen LogP contribution in [0.25, 0.3) is 11.3 Å². The van der Waals surface area contributed by atoms with E-state index in [1.807, 2.05) is 25.3 Å². The molecule has 0 radical (unpaired) electrons. The second-order valence-corrected chi connectivity index (χ2v) is 7.11. The zero-order valence-electron chi connectivity index (χ0n) is 15.4. The first-order valence-corrected chi connectivity index (χ1v) is 9.23. The van der Waals surface area contributed by atoms with Crippen LogP contribution >= 0.6 is 11.3 Å². The number of hydrogen-bond donors (Lipinski definition) is 1. The van der Waals surface area contributed by atoms with Crippen LogP contribution in [0.15, 0.2) is 28.6 Å². The van der Waals surface area contributed by atoms with Crippen molar-refractivity contribution >= 4 is 22.4 Å². The van der Waals surface area contributed by atoms with Gasteiger partial charge in [-0.05, 0) is 33.8 Å². The maximum absolute atomic E-state index is 12.3. The van der Waals surface area contributed by atoms with E-state index in [2.05, 4.69) is 46.5 Å².